The summed E-state index contributed by atoms with van der Waals surface area (Å²) in [5, 5.41) is 7.62. The highest BCUT2D eigenvalue weighted by molar-refractivity contribution is 7.94. The molecule has 0 aliphatic carbocycles. The zero-order valence-electron chi connectivity index (χ0n) is 18.7. The zero-order valence-corrected chi connectivity index (χ0v) is 20.3. The van der Waals surface area contributed by atoms with Crippen LogP contribution in [0.15, 0.2) is 79.5 Å². The van der Waals surface area contributed by atoms with Crippen LogP contribution in [0, 0.1) is 13.8 Å². The average molecular weight is 519 g/mol. The molecule has 4 rings (SSSR count). The summed E-state index contributed by atoms with van der Waals surface area (Å²) in [5.41, 5.74) is 12.1. The van der Waals surface area contributed by atoms with E-state index in [4.69, 9.17) is 20.5 Å². The molecule has 0 saturated heterocycles. The van der Waals surface area contributed by atoms with Crippen molar-refractivity contribution in [1.29, 1.82) is 0 Å². The number of aromatic nitrogens is 2. The van der Waals surface area contributed by atoms with E-state index in [1.165, 1.54) is 60.7 Å². The van der Waals surface area contributed by atoms with Crippen molar-refractivity contribution in [2.45, 2.75) is 23.6 Å². The molecule has 12 nitrogen and oxygen atoms in total. The third-order valence-corrected chi connectivity index (χ3v) is 8.44. The molecule has 0 unspecified atom stereocenters. The Morgan fingerprint density at radius 2 is 1.03 bits per heavy atom. The fraction of sp³-hybridized carbons (Fsp3) is 0.143. The summed E-state index contributed by atoms with van der Waals surface area (Å²) < 4.78 is 66.4. The van der Waals surface area contributed by atoms with Gasteiger partial charge in [0.05, 0.1) is 9.79 Å². The highest BCUT2D eigenvalue weighted by Crippen LogP contribution is 2.29. The first kappa shape index (κ1) is 24.1. The van der Waals surface area contributed by atoms with Gasteiger partial charge in [0.25, 0.3) is 20.0 Å². The molecule has 35 heavy (non-hydrogen) atoms. The average Bonchev–Trinajstić information content (AvgIpc) is 3.42. The molecule has 0 aliphatic rings. The second-order valence-corrected chi connectivity index (χ2v) is 11.3. The van der Waals surface area contributed by atoms with Gasteiger partial charge in [-0.15, -0.1) is 0 Å². The lowest BCUT2D eigenvalue weighted by molar-refractivity contribution is 0.397. The molecule has 0 amide bonds. The fourth-order valence-electron chi connectivity index (χ4n) is 3.14. The summed E-state index contributed by atoms with van der Waals surface area (Å²) >= 11 is 0. The van der Waals surface area contributed by atoms with Crippen molar-refractivity contribution in [3.8, 4) is 0 Å². The zero-order chi connectivity index (χ0) is 25.4. The van der Waals surface area contributed by atoms with E-state index in [0.717, 1.165) is 8.61 Å². The third-order valence-electron chi connectivity index (χ3n) is 4.94. The molecule has 0 radical (unpaired) electrons. The lowest BCUT2D eigenvalue weighted by Crippen LogP contribution is -2.45. The first-order chi connectivity index (χ1) is 16.5. The molecule has 2 heterocycles. The van der Waals surface area contributed by atoms with Gasteiger partial charge in [-0.1, -0.05) is 10.3 Å². The van der Waals surface area contributed by atoms with Gasteiger partial charge >= 0.3 is 0 Å². The minimum absolute atomic E-state index is 0.128. The van der Waals surface area contributed by atoms with Crippen molar-refractivity contribution >= 4 is 43.1 Å². The van der Waals surface area contributed by atoms with Crippen molar-refractivity contribution in [2.75, 3.05) is 26.7 Å². The molecule has 0 spiro atoms. The van der Waals surface area contributed by atoms with Gasteiger partial charge in [0.2, 0.25) is 0 Å². The third kappa shape index (κ3) is 4.79. The molecule has 2 aromatic carbocycles. The second-order valence-electron chi connectivity index (χ2n) is 7.58. The number of nitrogens with zero attached hydrogens (tertiary/aromatic N) is 4. The van der Waals surface area contributed by atoms with Gasteiger partial charge in [0, 0.05) is 23.5 Å². The van der Waals surface area contributed by atoms with Gasteiger partial charge < -0.3 is 20.5 Å². The van der Waals surface area contributed by atoms with Crippen LogP contribution in [0.1, 0.15) is 11.5 Å². The van der Waals surface area contributed by atoms with Gasteiger partial charge in [-0.25, -0.2) is 25.4 Å². The molecule has 4 aromatic rings. The Morgan fingerprint density at radius 3 is 1.31 bits per heavy atom. The van der Waals surface area contributed by atoms with Crippen molar-refractivity contribution in [1.82, 2.24) is 10.3 Å². The van der Waals surface area contributed by atoms with E-state index in [1.807, 2.05) is 0 Å². The van der Waals surface area contributed by atoms with Crippen molar-refractivity contribution in [2.24, 2.45) is 0 Å². The molecule has 4 N–H and O–H groups in total. The number of anilines is 4. The van der Waals surface area contributed by atoms with Crippen LogP contribution < -0.4 is 20.1 Å². The van der Waals surface area contributed by atoms with Crippen LogP contribution in [-0.4, -0.2) is 33.8 Å². The maximum atomic E-state index is 13.7. The largest absolute Gasteiger partial charge is 0.399 e. The number of sulfonamides is 2. The number of rotatable bonds is 8. The number of aryl methyl sites for hydroxylation is 2. The van der Waals surface area contributed by atoms with E-state index in [-0.39, 0.29) is 21.4 Å². The van der Waals surface area contributed by atoms with Crippen LogP contribution in [0.4, 0.5) is 23.0 Å². The Bertz CT molecular complexity index is 1430. The first-order valence-electron chi connectivity index (χ1n) is 10.1. The quantitative estimate of drug-likeness (QED) is 0.260. The molecule has 0 bridgehead atoms. The fourth-order valence-corrected chi connectivity index (χ4v) is 5.88. The van der Waals surface area contributed by atoms with Crippen molar-refractivity contribution in [3.05, 3.63) is 72.2 Å². The van der Waals surface area contributed by atoms with Gasteiger partial charge in [0.1, 0.15) is 18.2 Å². The van der Waals surface area contributed by atoms with Crippen LogP contribution in [0.25, 0.3) is 0 Å². The SMILES string of the molecule is Cc1cc(N(CN(c2cc(C)on2)S(=O)(=O)c2ccc(N)cc2)S(=O)(=O)c2ccc(N)cc2)no1. The first-order valence-corrected chi connectivity index (χ1v) is 13.0. The number of benzene rings is 2. The summed E-state index contributed by atoms with van der Waals surface area (Å²) in [6.45, 7) is 2.43. The van der Waals surface area contributed by atoms with Crippen LogP contribution in [0.3, 0.4) is 0 Å². The van der Waals surface area contributed by atoms with Gasteiger partial charge in [0.15, 0.2) is 11.6 Å². The molecule has 0 saturated carbocycles. The van der Waals surface area contributed by atoms with E-state index in [2.05, 4.69) is 10.3 Å². The predicted octanol–water partition coefficient (Wildman–Crippen LogP) is 2.49. The summed E-state index contributed by atoms with van der Waals surface area (Å²) in [7, 11) is -8.66. The van der Waals surface area contributed by atoms with Gasteiger partial charge in [-0.3, -0.25) is 0 Å². The Morgan fingerprint density at radius 1 is 0.686 bits per heavy atom. The number of nitrogens with two attached hydrogens (primary N) is 2. The van der Waals surface area contributed by atoms with E-state index < -0.39 is 26.7 Å². The minimum atomic E-state index is -4.33. The van der Waals surface area contributed by atoms with Crippen LogP contribution in [0.2, 0.25) is 0 Å². The second kappa shape index (κ2) is 8.96. The van der Waals surface area contributed by atoms with E-state index in [0.29, 0.717) is 22.9 Å². The smallest absolute Gasteiger partial charge is 0.267 e. The van der Waals surface area contributed by atoms with Crippen LogP contribution in [-0.2, 0) is 20.0 Å². The van der Waals surface area contributed by atoms with Crippen LogP contribution >= 0.6 is 0 Å². The monoisotopic (exact) mass is 518 g/mol. The lowest BCUT2D eigenvalue weighted by Gasteiger charge is -2.29. The maximum Gasteiger partial charge on any atom is 0.267 e. The van der Waals surface area contributed by atoms with E-state index in [9.17, 15) is 16.8 Å². The Hall–Kier alpha value is -4.04. The summed E-state index contributed by atoms with van der Waals surface area (Å²) in [6, 6.07) is 13.7. The number of hydrogen-bond acceptors (Lipinski definition) is 10. The summed E-state index contributed by atoms with van der Waals surface area (Å²) in [6.07, 6.45) is 0. The normalized spacial score (nSPS) is 11.9. The maximum absolute atomic E-state index is 13.7. The lowest BCUT2D eigenvalue weighted by atomic mass is 10.3. The van der Waals surface area contributed by atoms with E-state index >= 15 is 0 Å². The van der Waals surface area contributed by atoms with Crippen LogP contribution in [0.5, 0.6) is 0 Å². The standard InChI is InChI=1S/C21H22N6O6S2/c1-14-11-20(24-32-14)26(34(28,29)18-7-3-16(22)4-8-18)13-27(21-12-15(2)33-25-21)35(30,31)19-9-5-17(23)6-10-19/h3-12H,13,22-23H2,1-2H3. The molecule has 2 aromatic heterocycles. The molecular formula is C21H22N6O6S2. The molecular weight excluding hydrogens is 496 g/mol. The predicted molar refractivity (Wildman–Crippen MR) is 128 cm³/mol. The van der Waals surface area contributed by atoms with E-state index in [1.54, 1.807) is 13.8 Å². The van der Waals surface area contributed by atoms with Gasteiger partial charge in [-0.2, -0.15) is 0 Å². The molecule has 0 fully saturated rings. The number of nitrogen functional groups attached to an aromatic ring is 2. The van der Waals surface area contributed by atoms with Gasteiger partial charge in [-0.05, 0) is 62.4 Å². The summed E-state index contributed by atoms with van der Waals surface area (Å²) in [5.74, 6) is 0.388. The highest BCUT2D eigenvalue weighted by Gasteiger charge is 2.35. The Balaban J connectivity index is 1.86. The molecule has 0 atom stereocenters. The van der Waals surface area contributed by atoms with Crippen molar-refractivity contribution < 1.29 is 25.9 Å². The minimum Gasteiger partial charge on any atom is -0.399 e. The topological polar surface area (TPSA) is 179 Å². The Kier molecular flexibility index (Phi) is 6.17. The molecule has 0 aliphatic heterocycles. The number of hydrogen-bond donors (Lipinski definition) is 2. The highest BCUT2D eigenvalue weighted by atomic mass is 32.2. The summed E-state index contributed by atoms with van der Waals surface area (Å²) in [4.78, 5) is -0.262. The molecule has 14 heteroatoms. The Labute approximate surface area is 201 Å². The molecule has 184 valence electrons. The van der Waals surface area contributed by atoms with Crippen molar-refractivity contribution in [3.63, 3.8) is 0 Å².